The monoisotopic (exact) mass is 565 g/mol. The molecule has 0 heterocycles. The molecule has 3 aromatic carbocycles. The van der Waals surface area contributed by atoms with Crippen LogP contribution in [0.15, 0.2) is 66.7 Å². The van der Waals surface area contributed by atoms with Crippen molar-refractivity contribution in [3.8, 4) is 12.3 Å². The Hall–Kier alpha value is -2.76. The Morgan fingerprint density at radius 1 is 0.585 bits per heavy atom. The minimum atomic E-state index is -1.62. The Balaban J connectivity index is 1.85. The highest BCUT2D eigenvalue weighted by molar-refractivity contribution is 6.89. The molecule has 3 aromatic rings. The van der Waals surface area contributed by atoms with Crippen LogP contribution in [0.1, 0.15) is 108 Å². The van der Waals surface area contributed by atoms with Gasteiger partial charge in [0.05, 0.1) is 13.8 Å². The lowest BCUT2D eigenvalue weighted by atomic mass is 10.0. The largest absolute Gasteiger partial charge is 0.309 e. The van der Waals surface area contributed by atoms with Crippen molar-refractivity contribution in [1.82, 2.24) is 0 Å². The van der Waals surface area contributed by atoms with Crippen molar-refractivity contribution in [1.29, 1.82) is 0 Å². The van der Waals surface area contributed by atoms with Gasteiger partial charge in [-0.25, -0.2) is 0 Å². The predicted molar refractivity (Wildman–Crippen MR) is 186 cm³/mol. The Bertz CT molecular complexity index is 1130. The molecule has 41 heavy (non-hydrogen) atoms. The van der Waals surface area contributed by atoms with Crippen LogP contribution in [0.3, 0.4) is 0 Å². The maximum Gasteiger partial charge on any atom is 0.0793 e. The van der Waals surface area contributed by atoms with Gasteiger partial charge in [0.15, 0.2) is 0 Å². The standard InChI is InChI=1S/C39H55NSi/c1-7-10-12-14-16-18-21-33-25-29-35(30-26-33)40(38-23-20-24-39(37(38)9-3)41(4,5)6)36-31-27-34(28-32-36)22-19-17-15-13-11-8-2/h3,20,23-32H,7-8,10-19,21-22H2,1-2,4-6H3. The molecule has 0 spiro atoms. The van der Waals surface area contributed by atoms with Gasteiger partial charge in [0.2, 0.25) is 0 Å². The fourth-order valence-corrected chi connectivity index (χ4v) is 7.32. The summed E-state index contributed by atoms with van der Waals surface area (Å²) in [6, 6.07) is 25.1. The van der Waals surface area contributed by atoms with Crippen LogP contribution in [-0.4, -0.2) is 8.07 Å². The van der Waals surface area contributed by atoms with Crippen LogP contribution >= 0.6 is 0 Å². The van der Waals surface area contributed by atoms with Gasteiger partial charge in [0.25, 0.3) is 0 Å². The number of nitrogens with zero attached hydrogens (tertiary/aromatic N) is 1. The zero-order valence-corrected chi connectivity index (χ0v) is 27.8. The summed E-state index contributed by atoms with van der Waals surface area (Å²) in [4.78, 5) is 2.38. The van der Waals surface area contributed by atoms with Crippen LogP contribution in [0.2, 0.25) is 19.6 Å². The molecule has 0 N–H and O–H groups in total. The van der Waals surface area contributed by atoms with E-state index < -0.39 is 8.07 Å². The van der Waals surface area contributed by atoms with E-state index >= 15 is 0 Å². The van der Waals surface area contributed by atoms with Crippen molar-refractivity contribution in [3.05, 3.63) is 83.4 Å². The summed E-state index contributed by atoms with van der Waals surface area (Å²) >= 11 is 0. The first-order chi connectivity index (χ1) is 19.9. The van der Waals surface area contributed by atoms with Crippen molar-refractivity contribution in [3.63, 3.8) is 0 Å². The SMILES string of the molecule is C#Cc1c(N(c2ccc(CCCCCCCC)cc2)c2ccc(CCCCCCCC)cc2)cccc1[Si](C)(C)C. The van der Waals surface area contributed by atoms with E-state index in [4.69, 9.17) is 6.42 Å². The third-order valence-electron chi connectivity index (χ3n) is 8.26. The molecule has 220 valence electrons. The van der Waals surface area contributed by atoms with Crippen LogP contribution in [0, 0.1) is 12.3 Å². The van der Waals surface area contributed by atoms with E-state index in [-0.39, 0.29) is 0 Å². The van der Waals surface area contributed by atoms with Crippen LogP contribution in [0.5, 0.6) is 0 Å². The second-order valence-corrected chi connectivity index (χ2v) is 17.8. The molecule has 0 aromatic heterocycles. The molecular weight excluding hydrogens is 511 g/mol. The molecule has 0 saturated heterocycles. The number of hydrogen-bond donors (Lipinski definition) is 0. The number of anilines is 3. The quantitative estimate of drug-likeness (QED) is 0.0842. The fraction of sp³-hybridized carbons (Fsp3) is 0.487. The summed E-state index contributed by atoms with van der Waals surface area (Å²) in [5.41, 5.74) is 7.34. The molecule has 2 heteroatoms. The third kappa shape index (κ3) is 10.2. The molecule has 0 bridgehead atoms. The molecule has 0 atom stereocenters. The van der Waals surface area contributed by atoms with E-state index in [0.717, 1.165) is 24.1 Å². The first-order valence-corrected chi connectivity index (χ1v) is 20.0. The molecule has 0 radical (unpaired) electrons. The van der Waals surface area contributed by atoms with E-state index in [2.05, 4.69) is 111 Å². The summed E-state index contributed by atoms with van der Waals surface area (Å²) in [6.07, 6.45) is 24.5. The second-order valence-electron chi connectivity index (χ2n) is 12.8. The maximum absolute atomic E-state index is 6.23. The third-order valence-corrected chi connectivity index (χ3v) is 10.3. The normalized spacial score (nSPS) is 11.4. The first kappa shape index (κ1) is 32.7. The van der Waals surface area contributed by atoms with Crippen LogP contribution in [0.25, 0.3) is 0 Å². The summed E-state index contributed by atoms with van der Waals surface area (Å²) < 4.78 is 0. The summed E-state index contributed by atoms with van der Waals surface area (Å²) in [7, 11) is -1.62. The average molecular weight is 566 g/mol. The molecule has 0 unspecified atom stereocenters. The summed E-state index contributed by atoms with van der Waals surface area (Å²) in [5.74, 6) is 3.10. The summed E-state index contributed by atoms with van der Waals surface area (Å²) in [5, 5.41) is 1.35. The van der Waals surface area contributed by atoms with Crippen molar-refractivity contribution >= 4 is 30.3 Å². The van der Waals surface area contributed by atoms with Gasteiger partial charge in [-0.15, -0.1) is 6.42 Å². The lowest BCUT2D eigenvalue weighted by Gasteiger charge is -2.30. The van der Waals surface area contributed by atoms with Crippen LogP contribution in [0.4, 0.5) is 17.1 Å². The van der Waals surface area contributed by atoms with Gasteiger partial charge in [-0.3, -0.25) is 0 Å². The Morgan fingerprint density at radius 3 is 1.44 bits per heavy atom. The lowest BCUT2D eigenvalue weighted by Crippen LogP contribution is -2.40. The number of benzene rings is 3. The van der Waals surface area contributed by atoms with Gasteiger partial charge >= 0.3 is 0 Å². The molecule has 0 fully saturated rings. The van der Waals surface area contributed by atoms with E-state index in [1.54, 1.807) is 0 Å². The second kappa shape index (κ2) is 17.3. The minimum absolute atomic E-state index is 1.04. The van der Waals surface area contributed by atoms with E-state index in [9.17, 15) is 0 Å². The van der Waals surface area contributed by atoms with Gasteiger partial charge in [-0.05, 0) is 72.3 Å². The molecule has 0 aliphatic carbocycles. The van der Waals surface area contributed by atoms with Crippen molar-refractivity contribution < 1.29 is 0 Å². The van der Waals surface area contributed by atoms with Gasteiger partial charge < -0.3 is 4.90 Å². The smallest absolute Gasteiger partial charge is 0.0793 e. The van der Waals surface area contributed by atoms with Gasteiger partial charge in [-0.2, -0.15) is 0 Å². The van der Waals surface area contributed by atoms with E-state index in [0.29, 0.717) is 0 Å². The maximum atomic E-state index is 6.23. The number of rotatable bonds is 18. The number of aryl methyl sites for hydroxylation is 2. The van der Waals surface area contributed by atoms with E-state index in [1.165, 1.54) is 105 Å². The molecular formula is C39H55NSi. The van der Waals surface area contributed by atoms with Gasteiger partial charge in [-0.1, -0.05) is 140 Å². The zero-order valence-electron chi connectivity index (χ0n) is 26.8. The Kier molecular flexibility index (Phi) is 13.8. The van der Waals surface area contributed by atoms with Crippen molar-refractivity contribution in [2.75, 3.05) is 4.90 Å². The first-order valence-electron chi connectivity index (χ1n) is 16.5. The highest BCUT2D eigenvalue weighted by Crippen LogP contribution is 2.37. The fourth-order valence-electron chi connectivity index (χ4n) is 5.77. The number of hydrogen-bond acceptors (Lipinski definition) is 1. The van der Waals surface area contributed by atoms with E-state index in [1.807, 2.05) is 0 Å². The molecule has 0 aliphatic rings. The summed E-state index contributed by atoms with van der Waals surface area (Å²) in [6.45, 7) is 11.7. The lowest BCUT2D eigenvalue weighted by molar-refractivity contribution is 0.607. The predicted octanol–water partition coefficient (Wildman–Crippen LogP) is 11.5. The van der Waals surface area contributed by atoms with Gasteiger partial charge in [0.1, 0.15) is 0 Å². The Morgan fingerprint density at radius 2 is 1.02 bits per heavy atom. The van der Waals surface area contributed by atoms with Crippen LogP contribution < -0.4 is 10.1 Å². The van der Waals surface area contributed by atoms with Crippen LogP contribution in [-0.2, 0) is 12.8 Å². The zero-order chi connectivity index (χ0) is 29.5. The minimum Gasteiger partial charge on any atom is -0.309 e. The highest BCUT2D eigenvalue weighted by Gasteiger charge is 2.24. The highest BCUT2D eigenvalue weighted by atomic mass is 28.3. The molecule has 3 rings (SSSR count). The van der Waals surface area contributed by atoms with Crippen molar-refractivity contribution in [2.24, 2.45) is 0 Å². The molecule has 0 amide bonds. The average Bonchev–Trinajstić information content (AvgIpc) is 2.97. The topological polar surface area (TPSA) is 3.24 Å². The molecule has 0 aliphatic heterocycles. The van der Waals surface area contributed by atoms with Crippen molar-refractivity contribution in [2.45, 2.75) is 123 Å². The number of terminal acetylenes is 1. The Labute approximate surface area is 253 Å². The number of unbranched alkanes of at least 4 members (excludes halogenated alkanes) is 10. The molecule has 1 nitrogen and oxygen atoms in total. The molecule has 0 saturated carbocycles. The van der Waals surface area contributed by atoms with Gasteiger partial charge in [0, 0.05) is 16.9 Å².